The van der Waals surface area contributed by atoms with E-state index in [9.17, 15) is 22.5 Å². The van der Waals surface area contributed by atoms with Crippen LogP contribution >= 0.6 is 0 Å². The average Bonchev–Trinajstić information content (AvgIpc) is 3.21. The maximum atomic E-state index is 13.6. The smallest absolute Gasteiger partial charge is 0.453 e. The summed E-state index contributed by atoms with van der Waals surface area (Å²) in [5.74, 6) is 0.927. The van der Waals surface area contributed by atoms with Gasteiger partial charge in [0.1, 0.15) is 15.7 Å². The largest absolute Gasteiger partial charge is 0.573 e. The summed E-state index contributed by atoms with van der Waals surface area (Å²) in [6.45, 7) is 0. The molecular formula is C25H24F3N3O4S. The van der Waals surface area contributed by atoms with Gasteiger partial charge in [0.2, 0.25) is 0 Å². The van der Waals surface area contributed by atoms with E-state index in [1.54, 1.807) is 0 Å². The molecule has 4 unspecified atom stereocenters. The summed E-state index contributed by atoms with van der Waals surface area (Å²) in [5.41, 5.74) is 1.64. The molecule has 1 aliphatic carbocycles. The van der Waals surface area contributed by atoms with Gasteiger partial charge in [0.25, 0.3) is 0 Å². The third-order valence-corrected chi connectivity index (χ3v) is 8.37. The Morgan fingerprint density at radius 1 is 1.00 bits per heavy atom. The molecule has 11 heteroatoms. The Morgan fingerprint density at radius 2 is 1.58 bits per heavy atom. The summed E-state index contributed by atoms with van der Waals surface area (Å²) in [6, 6.07) is 19.0. The van der Waals surface area contributed by atoms with Gasteiger partial charge in [-0.25, -0.2) is 13.3 Å². The number of ether oxygens (including phenoxy) is 2. The summed E-state index contributed by atoms with van der Waals surface area (Å²) in [6.07, 6.45) is -4.63. The van der Waals surface area contributed by atoms with Gasteiger partial charge < -0.3 is 19.5 Å². The van der Waals surface area contributed by atoms with Crippen LogP contribution in [0.1, 0.15) is 12.8 Å². The topological polar surface area (TPSA) is 83.4 Å². The highest BCUT2D eigenvalue weighted by Crippen LogP contribution is 2.49. The SMILES string of the molecule is CN=S(=O)(NC1CCC(N2c3ccccc3Oc3ccccc32)C1O)c1ccc(OC(F)(F)F)cc1. The van der Waals surface area contributed by atoms with E-state index in [1.165, 1.54) is 19.2 Å². The second-order valence-electron chi connectivity index (χ2n) is 8.49. The van der Waals surface area contributed by atoms with Gasteiger partial charge in [-0.1, -0.05) is 24.3 Å². The molecule has 4 atom stereocenters. The maximum absolute atomic E-state index is 13.6. The van der Waals surface area contributed by atoms with Crippen molar-refractivity contribution >= 4 is 21.3 Å². The third-order valence-electron chi connectivity index (χ3n) is 6.33. The van der Waals surface area contributed by atoms with Gasteiger partial charge in [0.15, 0.2) is 11.5 Å². The lowest BCUT2D eigenvalue weighted by Gasteiger charge is -2.38. The number of para-hydroxylation sites is 4. The molecule has 0 spiro atoms. The highest BCUT2D eigenvalue weighted by Gasteiger charge is 2.43. The number of hydrogen-bond donors (Lipinski definition) is 2. The van der Waals surface area contributed by atoms with E-state index in [0.717, 1.165) is 23.5 Å². The Balaban J connectivity index is 1.39. The van der Waals surface area contributed by atoms with Crippen molar-refractivity contribution in [1.82, 2.24) is 4.72 Å². The molecule has 0 radical (unpaired) electrons. The quantitative estimate of drug-likeness (QED) is 0.473. The first kappa shape index (κ1) is 24.4. The molecule has 3 aromatic carbocycles. The van der Waals surface area contributed by atoms with E-state index < -0.39 is 34.2 Å². The number of benzene rings is 3. The lowest BCUT2D eigenvalue weighted by Crippen LogP contribution is -2.47. The van der Waals surface area contributed by atoms with Crippen LogP contribution in [0.3, 0.4) is 0 Å². The zero-order chi connectivity index (χ0) is 25.5. The van der Waals surface area contributed by atoms with Crippen LogP contribution in [-0.2, 0) is 9.92 Å². The number of alkyl halides is 3. The molecule has 1 fully saturated rings. The van der Waals surface area contributed by atoms with Crippen molar-refractivity contribution in [3.8, 4) is 17.2 Å². The van der Waals surface area contributed by atoms with E-state index in [2.05, 4.69) is 18.7 Å². The molecule has 1 heterocycles. The van der Waals surface area contributed by atoms with Crippen LogP contribution in [-0.4, -0.2) is 40.9 Å². The summed E-state index contributed by atoms with van der Waals surface area (Å²) in [4.78, 5) is 2.24. The minimum Gasteiger partial charge on any atom is -0.453 e. The summed E-state index contributed by atoms with van der Waals surface area (Å²) < 4.78 is 68.0. The molecule has 5 rings (SSSR count). The van der Waals surface area contributed by atoms with Gasteiger partial charge in [-0.2, -0.15) is 0 Å². The van der Waals surface area contributed by atoms with Crippen molar-refractivity contribution < 1.29 is 32.0 Å². The minimum atomic E-state index is -4.82. The Bertz CT molecular complexity index is 1330. The number of hydrogen-bond acceptors (Lipinski definition) is 6. The van der Waals surface area contributed by atoms with E-state index in [1.807, 2.05) is 48.5 Å². The fourth-order valence-electron chi connectivity index (χ4n) is 4.72. The molecule has 190 valence electrons. The Kier molecular flexibility index (Phi) is 6.31. The van der Waals surface area contributed by atoms with Crippen LogP contribution in [0.2, 0.25) is 0 Å². The predicted molar refractivity (Wildman–Crippen MR) is 129 cm³/mol. The van der Waals surface area contributed by atoms with Crippen molar-refractivity contribution in [2.75, 3.05) is 11.9 Å². The predicted octanol–water partition coefficient (Wildman–Crippen LogP) is 5.38. The number of aliphatic hydroxyl groups excluding tert-OH is 1. The molecule has 0 amide bonds. The van der Waals surface area contributed by atoms with Crippen molar-refractivity contribution in [3.63, 3.8) is 0 Å². The molecule has 0 bridgehead atoms. The molecule has 1 aliphatic heterocycles. The van der Waals surface area contributed by atoms with Gasteiger partial charge in [0, 0.05) is 13.1 Å². The first-order valence-corrected chi connectivity index (χ1v) is 12.8. The number of nitrogens with one attached hydrogen (secondary N) is 1. The molecule has 7 nitrogen and oxygen atoms in total. The van der Waals surface area contributed by atoms with E-state index in [-0.39, 0.29) is 10.9 Å². The molecule has 36 heavy (non-hydrogen) atoms. The number of fused-ring (bicyclic) bond motifs is 2. The van der Waals surface area contributed by atoms with Crippen molar-refractivity contribution in [2.45, 2.75) is 42.3 Å². The number of anilines is 2. The zero-order valence-electron chi connectivity index (χ0n) is 19.2. The van der Waals surface area contributed by atoms with Crippen LogP contribution in [0.4, 0.5) is 24.5 Å². The summed E-state index contributed by atoms with van der Waals surface area (Å²) in [5, 5.41) is 11.4. The first-order valence-electron chi connectivity index (χ1n) is 11.3. The molecule has 2 aliphatic rings. The molecule has 3 aromatic rings. The Morgan fingerprint density at radius 3 is 2.14 bits per heavy atom. The highest BCUT2D eigenvalue weighted by atomic mass is 32.2. The van der Waals surface area contributed by atoms with Crippen LogP contribution in [0.25, 0.3) is 0 Å². The Labute approximate surface area is 206 Å². The van der Waals surface area contributed by atoms with Crippen LogP contribution in [0.5, 0.6) is 17.2 Å². The van der Waals surface area contributed by atoms with Gasteiger partial charge in [-0.05, 0) is 61.4 Å². The minimum absolute atomic E-state index is 0.192. The monoisotopic (exact) mass is 519 g/mol. The van der Waals surface area contributed by atoms with E-state index >= 15 is 0 Å². The summed E-state index contributed by atoms with van der Waals surface area (Å²) >= 11 is 0. The maximum Gasteiger partial charge on any atom is 0.573 e. The van der Waals surface area contributed by atoms with E-state index in [4.69, 9.17) is 4.74 Å². The Hall–Kier alpha value is -3.28. The zero-order valence-corrected chi connectivity index (χ0v) is 20.0. The van der Waals surface area contributed by atoms with Crippen LogP contribution in [0.15, 0.2) is 82.1 Å². The third kappa shape index (κ3) is 4.61. The molecule has 0 saturated heterocycles. The molecular weight excluding hydrogens is 495 g/mol. The lowest BCUT2D eigenvalue weighted by atomic mass is 10.1. The van der Waals surface area contributed by atoms with Gasteiger partial charge in [0.05, 0.1) is 28.4 Å². The summed E-state index contributed by atoms with van der Waals surface area (Å²) in [7, 11) is -1.86. The van der Waals surface area contributed by atoms with E-state index in [0.29, 0.717) is 24.3 Å². The number of rotatable bonds is 5. The average molecular weight is 520 g/mol. The molecule has 2 N–H and O–H groups in total. The van der Waals surface area contributed by atoms with Crippen molar-refractivity contribution in [2.24, 2.45) is 4.36 Å². The van der Waals surface area contributed by atoms with Gasteiger partial charge in [-0.15, -0.1) is 13.2 Å². The van der Waals surface area contributed by atoms with Crippen molar-refractivity contribution in [1.29, 1.82) is 0 Å². The number of halogens is 3. The second kappa shape index (κ2) is 9.30. The fourth-order valence-corrected chi connectivity index (χ4v) is 6.34. The first-order chi connectivity index (χ1) is 17.2. The fraction of sp³-hybridized carbons (Fsp3) is 0.280. The number of aliphatic hydroxyl groups is 1. The standard InChI is InChI=1S/C25H24F3N3O4S/c1-29-36(33,17-12-10-16(11-13-17)35-25(26,27)28)30-18-14-15-21(24(18)32)31-19-6-2-4-8-22(19)34-23-9-5-3-7-20(23)31/h2-13,18,21,24,32H,14-15H2,1H3,(H,29,30,33). The van der Waals surface area contributed by atoms with Gasteiger partial charge in [-0.3, -0.25) is 0 Å². The normalized spacial score (nSPS) is 22.7. The molecule has 0 aromatic heterocycles. The molecule has 1 saturated carbocycles. The number of nitrogens with zero attached hydrogens (tertiary/aromatic N) is 2. The van der Waals surface area contributed by atoms with Gasteiger partial charge >= 0.3 is 6.36 Å². The lowest BCUT2D eigenvalue weighted by molar-refractivity contribution is -0.274. The van der Waals surface area contributed by atoms with Crippen molar-refractivity contribution in [3.05, 3.63) is 72.8 Å². The second-order valence-corrected chi connectivity index (χ2v) is 10.6. The highest BCUT2D eigenvalue weighted by molar-refractivity contribution is 7.91. The van der Waals surface area contributed by atoms with Crippen LogP contribution in [0, 0.1) is 0 Å². The van der Waals surface area contributed by atoms with Crippen LogP contribution < -0.4 is 19.1 Å².